The van der Waals surface area contributed by atoms with E-state index in [1.54, 1.807) is 70.6 Å². The molecule has 0 aromatic carbocycles. The third-order valence-electron chi connectivity index (χ3n) is 3.50. The minimum atomic E-state index is -0.852. The quantitative estimate of drug-likeness (QED) is 0.0863. The zero-order valence-electron chi connectivity index (χ0n) is 20.4. The van der Waals surface area contributed by atoms with Gasteiger partial charge in [-0.25, -0.2) is 0 Å². The van der Waals surface area contributed by atoms with E-state index in [-0.39, 0.29) is 22.1 Å². The van der Waals surface area contributed by atoms with E-state index in [0.717, 1.165) is 44.0 Å². The van der Waals surface area contributed by atoms with Gasteiger partial charge in [0.15, 0.2) is 10.2 Å². The van der Waals surface area contributed by atoms with Crippen molar-refractivity contribution in [3.8, 4) is 0 Å². The summed E-state index contributed by atoms with van der Waals surface area (Å²) >= 11 is 15.4. The van der Waals surface area contributed by atoms with E-state index < -0.39 is 21.6 Å². The van der Waals surface area contributed by atoms with Crippen LogP contribution >= 0.6 is 118 Å². The highest BCUT2D eigenvalue weighted by atomic mass is 32.3. The van der Waals surface area contributed by atoms with Crippen molar-refractivity contribution >= 4 is 149 Å². The molecule has 0 bridgehead atoms. The molecule has 0 aromatic heterocycles. The molecule has 2 atom stereocenters. The molecule has 0 aromatic rings. The maximum Gasteiger partial charge on any atom is 0.199 e. The zero-order chi connectivity index (χ0) is 27.4. The molecule has 0 rings (SSSR count). The van der Waals surface area contributed by atoms with Gasteiger partial charge in [-0.1, -0.05) is 23.5 Å². The molecule has 0 aliphatic rings. The summed E-state index contributed by atoms with van der Waals surface area (Å²) in [6, 6.07) is 0. The van der Waals surface area contributed by atoms with Crippen LogP contribution in [0.1, 0.15) is 0 Å². The molecule has 2 N–H and O–H groups in total. The van der Waals surface area contributed by atoms with Gasteiger partial charge in [-0.05, 0) is 0 Å². The average molecular weight is 745 g/mol. The fraction of sp³-hybridized carbons (Fsp3) is 0.895. The summed E-state index contributed by atoms with van der Waals surface area (Å²) in [5.41, 5.74) is 0. The molecule has 0 heterocycles. The van der Waals surface area contributed by atoms with Crippen LogP contribution in [-0.2, 0) is 31.2 Å². The predicted octanol–water partition coefficient (Wildman–Crippen LogP) is 4.56. The van der Waals surface area contributed by atoms with Crippen LogP contribution < -0.4 is 0 Å². The standard InChI is InChI=1S/C19H36O6S12/c20-11-26-1-2-34-18(22)9-30-14-29-5-8-37(25)17-33-15-32-16-35-19(23)10-31-13-28-4-7-36(24)6-3-27-12-21/h20-21H,1-17H2. The summed E-state index contributed by atoms with van der Waals surface area (Å²) in [4.78, 5) is 23.6. The molecule has 0 saturated carbocycles. The van der Waals surface area contributed by atoms with E-state index in [1.165, 1.54) is 47.0 Å². The number of rotatable bonds is 28. The highest BCUT2D eigenvalue weighted by Gasteiger charge is 2.06. The highest BCUT2D eigenvalue weighted by Crippen LogP contribution is 2.22. The van der Waals surface area contributed by atoms with Gasteiger partial charge in [0, 0.05) is 88.0 Å². The Kier molecular flexibility index (Phi) is 34.6. The van der Waals surface area contributed by atoms with Crippen LogP contribution in [-0.4, -0.2) is 124 Å². The van der Waals surface area contributed by atoms with Gasteiger partial charge in [-0.2, -0.15) is 23.5 Å². The summed E-state index contributed by atoms with van der Waals surface area (Å²) in [5, 5.41) is 21.5. The van der Waals surface area contributed by atoms with Crippen LogP contribution in [0.3, 0.4) is 0 Å². The molecule has 0 aliphatic carbocycles. The number of hydrogen-bond donors (Lipinski definition) is 2. The van der Waals surface area contributed by atoms with Gasteiger partial charge >= 0.3 is 0 Å². The fourth-order valence-corrected chi connectivity index (χ4v) is 15.4. The third-order valence-corrected chi connectivity index (χ3v) is 18.3. The average Bonchev–Trinajstić information content (AvgIpc) is 2.88. The second-order valence-electron chi connectivity index (χ2n) is 6.31. The Morgan fingerprint density at radius 2 is 1.03 bits per heavy atom. The molecule has 220 valence electrons. The molecule has 0 saturated heterocycles. The largest absolute Gasteiger partial charge is 0.386 e. The summed E-state index contributed by atoms with van der Waals surface area (Å²) in [6.45, 7) is 0. The zero-order valence-corrected chi connectivity index (χ0v) is 30.2. The van der Waals surface area contributed by atoms with Gasteiger partial charge in [-0.15, -0.1) is 70.6 Å². The van der Waals surface area contributed by atoms with Crippen molar-refractivity contribution in [3.05, 3.63) is 0 Å². The van der Waals surface area contributed by atoms with Crippen LogP contribution in [0.5, 0.6) is 0 Å². The van der Waals surface area contributed by atoms with Crippen LogP contribution in [0, 0.1) is 0 Å². The SMILES string of the molecule is O=C(CSCSCCS(=O)CSCSCSC(=O)CSCSCCS(=O)CCSCO)SCCSCO. The second kappa shape index (κ2) is 32.0. The molecule has 37 heavy (non-hydrogen) atoms. The number of aliphatic hydroxyl groups excluding tert-OH is 2. The minimum absolute atomic E-state index is 0.0759. The van der Waals surface area contributed by atoms with Gasteiger partial charge in [0.25, 0.3) is 0 Å². The number of carbonyl (C=O) groups excluding carboxylic acids is 2. The fourth-order valence-electron chi connectivity index (χ4n) is 1.86. The van der Waals surface area contributed by atoms with Crippen molar-refractivity contribution < 1.29 is 28.2 Å². The molecule has 0 fully saturated rings. The van der Waals surface area contributed by atoms with E-state index in [2.05, 4.69) is 0 Å². The molecule has 18 heteroatoms. The predicted molar refractivity (Wildman–Crippen MR) is 189 cm³/mol. The van der Waals surface area contributed by atoms with Crippen molar-refractivity contribution in [2.75, 3.05) is 94.8 Å². The van der Waals surface area contributed by atoms with Crippen LogP contribution in [0.25, 0.3) is 0 Å². The van der Waals surface area contributed by atoms with Crippen LogP contribution in [0.4, 0.5) is 0 Å². The molecule has 0 spiro atoms. The lowest BCUT2D eigenvalue weighted by atomic mass is 10.9. The lowest BCUT2D eigenvalue weighted by Gasteiger charge is -2.04. The Hall–Kier alpha value is 3.06. The summed E-state index contributed by atoms with van der Waals surface area (Å²) in [7, 11) is -1.68. The van der Waals surface area contributed by atoms with Crippen molar-refractivity contribution in [2.45, 2.75) is 0 Å². The molecule has 2 unspecified atom stereocenters. The van der Waals surface area contributed by atoms with Gasteiger partial charge in [0.2, 0.25) is 0 Å². The monoisotopic (exact) mass is 744 g/mol. The normalized spacial score (nSPS) is 13.0. The second-order valence-corrected chi connectivity index (χ2v) is 21.9. The van der Waals surface area contributed by atoms with Crippen LogP contribution in [0.2, 0.25) is 0 Å². The molecular weight excluding hydrogens is 709 g/mol. The lowest BCUT2D eigenvalue weighted by molar-refractivity contribution is -0.109. The Morgan fingerprint density at radius 3 is 1.65 bits per heavy atom. The smallest absolute Gasteiger partial charge is 0.199 e. The Morgan fingerprint density at radius 1 is 0.514 bits per heavy atom. The Bertz CT molecular complexity index is 616. The summed E-state index contributed by atoms with van der Waals surface area (Å²) < 4.78 is 23.8. The maximum atomic E-state index is 12.1. The topological polar surface area (TPSA) is 109 Å². The Balaban J connectivity index is 3.40. The first-order valence-corrected chi connectivity index (χ1v) is 25.0. The number of hydrogen-bond acceptors (Lipinski definition) is 16. The van der Waals surface area contributed by atoms with Crippen molar-refractivity contribution in [1.82, 2.24) is 0 Å². The number of carbonyl (C=O) groups is 2. The van der Waals surface area contributed by atoms with E-state index >= 15 is 0 Å². The maximum absolute atomic E-state index is 12.1. The molecular formula is C19H36O6S12. The first kappa shape index (κ1) is 40.1. The van der Waals surface area contributed by atoms with E-state index in [0.29, 0.717) is 38.9 Å². The third kappa shape index (κ3) is 31.8. The summed E-state index contributed by atoms with van der Waals surface area (Å²) in [5.74, 6) is 6.97. The van der Waals surface area contributed by atoms with Crippen molar-refractivity contribution in [2.24, 2.45) is 0 Å². The van der Waals surface area contributed by atoms with Gasteiger partial charge in [0.05, 0.1) is 28.5 Å². The highest BCUT2D eigenvalue weighted by molar-refractivity contribution is 8.29. The number of aliphatic hydroxyl groups is 2. The number of thioether (sulfide) groups is 10. The van der Waals surface area contributed by atoms with Crippen molar-refractivity contribution in [1.29, 1.82) is 0 Å². The van der Waals surface area contributed by atoms with Gasteiger partial charge in [0.1, 0.15) is 0 Å². The molecule has 0 aliphatic heterocycles. The van der Waals surface area contributed by atoms with Gasteiger partial charge in [-0.3, -0.25) is 18.0 Å². The first-order valence-electron chi connectivity index (χ1n) is 10.8. The van der Waals surface area contributed by atoms with Crippen molar-refractivity contribution in [3.63, 3.8) is 0 Å². The van der Waals surface area contributed by atoms with Gasteiger partial charge < -0.3 is 10.2 Å². The molecule has 0 amide bonds. The van der Waals surface area contributed by atoms with E-state index in [9.17, 15) is 18.0 Å². The lowest BCUT2D eigenvalue weighted by Crippen LogP contribution is -2.07. The summed E-state index contributed by atoms with van der Waals surface area (Å²) in [6.07, 6.45) is 0. The minimum Gasteiger partial charge on any atom is -0.386 e. The molecule has 6 nitrogen and oxygen atoms in total. The molecule has 0 radical (unpaired) electrons. The van der Waals surface area contributed by atoms with E-state index in [4.69, 9.17) is 10.2 Å². The van der Waals surface area contributed by atoms with Crippen LogP contribution in [0.15, 0.2) is 0 Å². The van der Waals surface area contributed by atoms with E-state index in [1.807, 2.05) is 0 Å². The first-order chi connectivity index (χ1) is 18.0. The Labute approximate surface area is 269 Å².